The Hall–Kier alpha value is -4.08. The van der Waals surface area contributed by atoms with Gasteiger partial charge in [0, 0.05) is 11.3 Å². The fourth-order valence-electron chi connectivity index (χ4n) is 3.18. The first kappa shape index (κ1) is 18.3. The third-order valence-corrected chi connectivity index (χ3v) is 4.65. The maximum absolute atomic E-state index is 13.3. The minimum absolute atomic E-state index is 0.215. The summed E-state index contributed by atoms with van der Waals surface area (Å²) in [5, 5.41) is 0. The molecule has 0 aliphatic carbocycles. The number of hydrogen-bond donors (Lipinski definition) is 0. The number of ketones is 1. The molecule has 0 aliphatic heterocycles. The summed E-state index contributed by atoms with van der Waals surface area (Å²) < 4.78 is 1.46. The predicted octanol–water partition coefficient (Wildman–Crippen LogP) is 3.79. The fourth-order valence-corrected chi connectivity index (χ4v) is 3.18. The van der Waals surface area contributed by atoms with Crippen molar-refractivity contribution in [3.63, 3.8) is 0 Å². The number of para-hydroxylation sites is 3. The van der Waals surface area contributed by atoms with E-state index in [4.69, 9.17) is 0 Å². The van der Waals surface area contributed by atoms with Gasteiger partial charge in [0.15, 0.2) is 5.69 Å². The first-order chi connectivity index (χ1) is 14.1. The normalized spacial score (nSPS) is 10.5. The van der Waals surface area contributed by atoms with E-state index in [-0.39, 0.29) is 11.3 Å². The van der Waals surface area contributed by atoms with Crippen LogP contribution in [-0.4, -0.2) is 21.3 Å². The number of fused-ring (bicyclic) bond motifs is 1. The van der Waals surface area contributed by atoms with Crippen LogP contribution in [0.25, 0.3) is 22.3 Å². The number of aromatic nitrogens is 2. The van der Waals surface area contributed by atoms with Gasteiger partial charge < -0.3 is 0 Å². The minimum atomic E-state index is -0.584. The highest BCUT2D eigenvalue weighted by Gasteiger charge is 2.23. The molecule has 0 atom stereocenters. The van der Waals surface area contributed by atoms with E-state index in [1.165, 1.54) is 4.57 Å². The summed E-state index contributed by atoms with van der Waals surface area (Å²) in [6, 6.07) is 22.9. The molecule has 5 nitrogen and oxygen atoms in total. The molecule has 0 saturated carbocycles. The molecule has 140 valence electrons. The number of allylic oxidation sites excluding steroid dienone is 1. The molecule has 0 radical (unpaired) electrons. The van der Waals surface area contributed by atoms with E-state index >= 15 is 0 Å². The van der Waals surface area contributed by atoms with Crippen LogP contribution in [0.15, 0.2) is 83.7 Å². The molecule has 29 heavy (non-hydrogen) atoms. The van der Waals surface area contributed by atoms with Crippen molar-refractivity contribution in [1.29, 1.82) is 0 Å². The standard InChI is InChI=1S/C24H16N2O3/c1-16-11-13-17(14-12-16)23(28)19(15-27)22-24(29)26(18-7-3-2-4-8-18)21-10-6-5-9-20(21)25-22/h2-14H,1H3. The van der Waals surface area contributed by atoms with Gasteiger partial charge in [-0.05, 0) is 31.2 Å². The van der Waals surface area contributed by atoms with E-state index < -0.39 is 11.3 Å². The smallest absolute Gasteiger partial charge is 0.283 e. The first-order valence-corrected chi connectivity index (χ1v) is 9.04. The van der Waals surface area contributed by atoms with Crippen LogP contribution in [0, 0.1) is 6.92 Å². The Kier molecular flexibility index (Phi) is 4.73. The summed E-state index contributed by atoms with van der Waals surface area (Å²) >= 11 is 0. The van der Waals surface area contributed by atoms with Gasteiger partial charge in [-0.2, -0.15) is 0 Å². The Labute approximate surface area is 166 Å². The van der Waals surface area contributed by atoms with E-state index in [2.05, 4.69) is 4.98 Å². The molecule has 0 bridgehead atoms. The third-order valence-electron chi connectivity index (χ3n) is 4.65. The van der Waals surface area contributed by atoms with Crippen molar-refractivity contribution in [2.75, 3.05) is 0 Å². The average molecular weight is 380 g/mol. The topological polar surface area (TPSA) is 69.0 Å². The number of carbonyl (C=O) groups is 1. The van der Waals surface area contributed by atoms with E-state index in [9.17, 15) is 14.4 Å². The maximum atomic E-state index is 13.3. The Morgan fingerprint density at radius 3 is 2.24 bits per heavy atom. The molecule has 0 amide bonds. The van der Waals surface area contributed by atoms with Crippen LogP contribution < -0.4 is 5.56 Å². The lowest BCUT2D eigenvalue weighted by Gasteiger charge is -2.12. The number of nitrogens with zero attached hydrogens (tertiary/aromatic N) is 2. The number of aryl methyl sites for hydroxylation is 1. The Bertz CT molecular complexity index is 1330. The molecule has 0 spiro atoms. The van der Waals surface area contributed by atoms with Gasteiger partial charge >= 0.3 is 0 Å². The van der Waals surface area contributed by atoms with Crippen molar-refractivity contribution in [1.82, 2.24) is 9.55 Å². The van der Waals surface area contributed by atoms with Gasteiger partial charge in [0.25, 0.3) is 5.56 Å². The monoisotopic (exact) mass is 380 g/mol. The summed E-state index contributed by atoms with van der Waals surface area (Å²) in [7, 11) is 0. The van der Waals surface area contributed by atoms with Crippen LogP contribution in [0.2, 0.25) is 0 Å². The second-order valence-electron chi connectivity index (χ2n) is 6.60. The first-order valence-electron chi connectivity index (χ1n) is 9.04. The summed E-state index contributed by atoms with van der Waals surface area (Å²) in [5.74, 6) is 1.07. The van der Waals surface area contributed by atoms with E-state index in [0.29, 0.717) is 22.3 Å². The zero-order valence-corrected chi connectivity index (χ0v) is 15.6. The highest BCUT2D eigenvalue weighted by molar-refractivity contribution is 6.34. The molecular formula is C24H16N2O3. The molecule has 1 heterocycles. The predicted molar refractivity (Wildman–Crippen MR) is 112 cm³/mol. The van der Waals surface area contributed by atoms with Crippen molar-refractivity contribution in [3.8, 4) is 5.69 Å². The molecule has 3 aromatic carbocycles. The van der Waals surface area contributed by atoms with Crippen molar-refractivity contribution < 1.29 is 9.59 Å². The maximum Gasteiger partial charge on any atom is 0.283 e. The van der Waals surface area contributed by atoms with Crippen LogP contribution in [0.4, 0.5) is 0 Å². The van der Waals surface area contributed by atoms with Gasteiger partial charge in [-0.25, -0.2) is 9.78 Å². The van der Waals surface area contributed by atoms with Crippen molar-refractivity contribution in [2.45, 2.75) is 6.92 Å². The molecular weight excluding hydrogens is 364 g/mol. The molecule has 0 aliphatic rings. The molecule has 0 saturated heterocycles. The largest absolute Gasteiger partial charge is 0.288 e. The van der Waals surface area contributed by atoms with E-state index in [1.807, 2.05) is 25.1 Å². The highest BCUT2D eigenvalue weighted by Crippen LogP contribution is 2.20. The summed E-state index contributed by atoms with van der Waals surface area (Å²) in [6.45, 7) is 1.90. The van der Waals surface area contributed by atoms with Gasteiger partial charge in [-0.3, -0.25) is 14.2 Å². The van der Waals surface area contributed by atoms with Gasteiger partial charge in [0.1, 0.15) is 11.5 Å². The van der Waals surface area contributed by atoms with Gasteiger partial charge in [-0.15, -0.1) is 0 Å². The Morgan fingerprint density at radius 2 is 1.55 bits per heavy atom. The van der Waals surface area contributed by atoms with Crippen LogP contribution in [-0.2, 0) is 4.79 Å². The van der Waals surface area contributed by atoms with Gasteiger partial charge in [0.05, 0.1) is 11.0 Å². The molecule has 4 rings (SSSR count). The quantitative estimate of drug-likeness (QED) is 0.307. The molecule has 1 aromatic heterocycles. The van der Waals surface area contributed by atoms with Crippen molar-refractivity contribution >= 4 is 28.3 Å². The zero-order valence-electron chi connectivity index (χ0n) is 15.6. The number of carbonyl (C=O) groups excluding carboxylic acids is 2. The molecule has 0 unspecified atom stereocenters. The minimum Gasteiger partial charge on any atom is -0.288 e. The second-order valence-corrected chi connectivity index (χ2v) is 6.60. The lowest BCUT2D eigenvalue weighted by molar-refractivity contribution is 0.105. The van der Waals surface area contributed by atoms with Crippen molar-refractivity contribution in [3.05, 3.63) is 106 Å². The SMILES string of the molecule is Cc1ccc(C(=O)C(=C=O)c2nc3ccccc3n(-c3ccccc3)c2=O)cc1. The zero-order chi connectivity index (χ0) is 20.4. The Morgan fingerprint density at radius 1 is 0.897 bits per heavy atom. The number of hydrogen-bond acceptors (Lipinski definition) is 4. The molecule has 5 heteroatoms. The van der Waals surface area contributed by atoms with Crippen LogP contribution in [0.3, 0.4) is 0 Å². The van der Waals surface area contributed by atoms with Gasteiger partial charge in [0.2, 0.25) is 5.78 Å². The van der Waals surface area contributed by atoms with Crippen LogP contribution >= 0.6 is 0 Å². The van der Waals surface area contributed by atoms with E-state index in [1.54, 1.807) is 66.6 Å². The number of Topliss-reactive ketones (excluding diaryl/α,β-unsaturated/α-hetero) is 1. The molecule has 0 fully saturated rings. The average Bonchev–Trinajstić information content (AvgIpc) is 2.75. The summed E-state index contributed by atoms with van der Waals surface area (Å²) in [6.07, 6.45) is 0. The lowest BCUT2D eigenvalue weighted by atomic mass is 10.0. The lowest BCUT2D eigenvalue weighted by Crippen LogP contribution is -2.26. The second kappa shape index (κ2) is 7.50. The summed E-state index contributed by atoms with van der Waals surface area (Å²) in [5.41, 5.74) is 1.83. The van der Waals surface area contributed by atoms with Crippen LogP contribution in [0.1, 0.15) is 21.6 Å². The summed E-state index contributed by atoms with van der Waals surface area (Å²) in [4.78, 5) is 42.4. The number of rotatable bonds is 4. The van der Waals surface area contributed by atoms with Gasteiger partial charge in [-0.1, -0.05) is 60.2 Å². The number of benzene rings is 3. The van der Waals surface area contributed by atoms with Crippen LogP contribution in [0.5, 0.6) is 0 Å². The highest BCUT2D eigenvalue weighted by atomic mass is 16.1. The van der Waals surface area contributed by atoms with Crippen molar-refractivity contribution in [2.24, 2.45) is 0 Å². The third kappa shape index (κ3) is 3.31. The Balaban J connectivity index is 1.97. The fraction of sp³-hybridized carbons (Fsp3) is 0.0417. The molecule has 0 N–H and O–H groups in total. The molecule has 4 aromatic rings. The van der Waals surface area contributed by atoms with E-state index in [0.717, 1.165) is 5.56 Å².